The van der Waals surface area contributed by atoms with Gasteiger partial charge in [0, 0.05) is 7.05 Å². The number of carbonyl (C=O) groups is 1. The van der Waals surface area contributed by atoms with E-state index in [2.05, 4.69) is 10.3 Å². The largest absolute Gasteiger partial charge is 0.370 e. The molecule has 0 rings (SSSR count). The van der Waals surface area contributed by atoms with E-state index in [1.807, 2.05) is 0 Å². The fourth-order valence-corrected chi connectivity index (χ4v) is 0.173. The fraction of sp³-hybridized carbons (Fsp3) is 0.333. The van der Waals surface area contributed by atoms with Gasteiger partial charge in [0.2, 0.25) is 0 Å². The average Bonchev–Trinajstić information content (AvgIpc) is 1.65. The lowest BCUT2D eigenvalue weighted by atomic mass is 10.9. The molecule has 2 amide bonds. The van der Waals surface area contributed by atoms with Crippen LogP contribution >= 0.6 is 0 Å². The smallest absolute Gasteiger partial charge is 0.343 e. The maximum atomic E-state index is 10.2. The second kappa shape index (κ2) is 2.84. The lowest BCUT2D eigenvalue weighted by Gasteiger charge is -1.88. The van der Waals surface area contributed by atoms with Gasteiger partial charge in [-0.2, -0.15) is 4.99 Å². The second-order valence-corrected chi connectivity index (χ2v) is 1.09. The van der Waals surface area contributed by atoms with Gasteiger partial charge < -0.3 is 16.8 Å². The number of nitrogens with zero attached hydrogens (tertiary/aromatic N) is 1. The van der Waals surface area contributed by atoms with Crippen LogP contribution in [0.2, 0.25) is 0 Å². The molecule has 0 saturated heterocycles. The molecule has 0 aliphatic heterocycles. The molecule has 0 aromatic heterocycles. The van der Waals surface area contributed by atoms with E-state index in [1.54, 1.807) is 0 Å². The maximum Gasteiger partial charge on any atom is 0.343 e. The Morgan fingerprint density at radius 1 is 1.62 bits per heavy atom. The molecule has 0 saturated carbocycles. The summed E-state index contributed by atoms with van der Waals surface area (Å²) in [6, 6.07) is -0.537. The Balaban J connectivity index is 3.70. The number of hydrogen-bond donors (Lipinski definition) is 3. The molecule has 0 unspecified atom stereocenters. The molecule has 0 heterocycles. The van der Waals surface area contributed by atoms with Crippen LogP contribution in [-0.2, 0) is 0 Å². The lowest BCUT2D eigenvalue weighted by Crippen LogP contribution is -2.26. The summed E-state index contributed by atoms with van der Waals surface area (Å²) in [5.41, 5.74) is 9.67. The topological polar surface area (TPSA) is 93.5 Å². The lowest BCUT2D eigenvalue weighted by molar-refractivity contribution is 0.251. The highest BCUT2D eigenvalue weighted by Crippen LogP contribution is 1.66. The number of urea groups is 1. The summed E-state index contributed by atoms with van der Waals surface area (Å²) in [6.45, 7) is 0. The van der Waals surface area contributed by atoms with E-state index < -0.39 is 6.03 Å². The van der Waals surface area contributed by atoms with Gasteiger partial charge in [0.25, 0.3) is 0 Å². The molecular formula is C3H8N4O. The minimum absolute atomic E-state index is 0.232. The Kier molecular flexibility index (Phi) is 2.39. The van der Waals surface area contributed by atoms with Gasteiger partial charge in [0.05, 0.1) is 0 Å². The first-order valence-electron chi connectivity index (χ1n) is 1.98. The third kappa shape index (κ3) is 2.95. The molecule has 46 valence electrons. The van der Waals surface area contributed by atoms with Gasteiger partial charge in [-0.25, -0.2) is 4.79 Å². The molecule has 0 aliphatic carbocycles. The summed E-state index contributed by atoms with van der Waals surface area (Å²) in [6.07, 6.45) is 0. The van der Waals surface area contributed by atoms with Crippen molar-refractivity contribution in [2.24, 2.45) is 16.5 Å². The fourth-order valence-electron chi connectivity index (χ4n) is 0.173. The van der Waals surface area contributed by atoms with Crippen LogP contribution in [0, 0.1) is 0 Å². The predicted octanol–water partition coefficient (Wildman–Crippen LogP) is -1.40. The zero-order valence-electron chi connectivity index (χ0n) is 4.51. The first kappa shape index (κ1) is 6.74. The highest BCUT2D eigenvalue weighted by molar-refractivity contribution is 5.90. The zero-order valence-corrected chi connectivity index (χ0v) is 4.51. The first-order chi connectivity index (χ1) is 3.66. The second-order valence-electron chi connectivity index (χ2n) is 1.09. The molecule has 5 heteroatoms. The molecule has 0 spiro atoms. The normalized spacial score (nSPS) is 7.62. The molecule has 5 N–H and O–H groups in total. The van der Waals surface area contributed by atoms with E-state index in [4.69, 9.17) is 11.5 Å². The van der Waals surface area contributed by atoms with Gasteiger partial charge >= 0.3 is 6.03 Å². The zero-order chi connectivity index (χ0) is 6.57. The van der Waals surface area contributed by atoms with Crippen molar-refractivity contribution >= 4 is 12.0 Å². The Bertz CT molecular complexity index is 114. The summed E-state index contributed by atoms with van der Waals surface area (Å²) < 4.78 is 0. The Morgan fingerprint density at radius 3 is 2.25 bits per heavy atom. The van der Waals surface area contributed by atoms with Crippen molar-refractivity contribution in [3.8, 4) is 0 Å². The number of carbonyl (C=O) groups excluding carboxylic acids is 1. The van der Waals surface area contributed by atoms with E-state index in [0.29, 0.717) is 0 Å². The quantitative estimate of drug-likeness (QED) is 0.268. The van der Waals surface area contributed by atoms with E-state index in [1.165, 1.54) is 7.05 Å². The third-order valence-corrected chi connectivity index (χ3v) is 0.445. The van der Waals surface area contributed by atoms with Crippen molar-refractivity contribution in [3.05, 3.63) is 0 Å². The average molecular weight is 116 g/mol. The Labute approximate surface area is 46.8 Å². The number of rotatable bonds is 0. The molecule has 0 aliphatic rings. The summed E-state index contributed by atoms with van der Waals surface area (Å²) >= 11 is 0. The standard InChI is InChI=1S/C3H8N4O/c1-6-3(8)7-2(4)5/h1H3,(H5,4,5,6,7,8). The Hall–Kier alpha value is -1.26. The highest BCUT2D eigenvalue weighted by Gasteiger charge is 1.88. The van der Waals surface area contributed by atoms with Crippen molar-refractivity contribution in [2.45, 2.75) is 0 Å². The van der Waals surface area contributed by atoms with Crippen molar-refractivity contribution in [1.29, 1.82) is 0 Å². The van der Waals surface area contributed by atoms with Crippen LogP contribution < -0.4 is 16.8 Å². The van der Waals surface area contributed by atoms with E-state index in [-0.39, 0.29) is 5.96 Å². The van der Waals surface area contributed by atoms with Crippen molar-refractivity contribution < 1.29 is 4.79 Å². The number of amides is 2. The van der Waals surface area contributed by atoms with Gasteiger partial charge in [-0.1, -0.05) is 0 Å². The molecule has 0 atom stereocenters. The molecule has 8 heavy (non-hydrogen) atoms. The third-order valence-electron chi connectivity index (χ3n) is 0.445. The van der Waals surface area contributed by atoms with Gasteiger partial charge in [-0.15, -0.1) is 0 Å². The van der Waals surface area contributed by atoms with Gasteiger partial charge in [-0.3, -0.25) is 0 Å². The van der Waals surface area contributed by atoms with Crippen LogP contribution in [-0.4, -0.2) is 19.0 Å². The molecular weight excluding hydrogens is 108 g/mol. The maximum absolute atomic E-state index is 10.2. The number of nitrogens with one attached hydrogen (secondary N) is 1. The number of hydrogen-bond acceptors (Lipinski definition) is 1. The van der Waals surface area contributed by atoms with Gasteiger partial charge in [0.1, 0.15) is 0 Å². The molecule has 5 nitrogen and oxygen atoms in total. The molecule has 0 bridgehead atoms. The summed E-state index contributed by atoms with van der Waals surface area (Å²) in [4.78, 5) is 13.3. The molecule has 0 aromatic carbocycles. The Morgan fingerprint density at radius 2 is 2.12 bits per heavy atom. The first-order valence-corrected chi connectivity index (χ1v) is 1.98. The van der Waals surface area contributed by atoms with Crippen LogP contribution in [0.3, 0.4) is 0 Å². The van der Waals surface area contributed by atoms with Crippen LogP contribution in [0.5, 0.6) is 0 Å². The van der Waals surface area contributed by atoms with Crippen molar-refractivity contribution in [2.75, 3.05) is 7.05 Å². The summed E-state index contributed by atoms with van der Waals surface area (Å²) in [5, 5.41) is 2.21. The number of guanidine groups is 1. The molecule has 0 aromatic rings. The van der Waals surface area contributed by atoms with Crippen LogP contribution in [0.1, 0.15) is 0 Å². The monoisotopic (exact) mass is 116 g/mol. The molecule has 0 fully saturated rings. The van der Waals surface area contributed by atoms with E-state index in [9.17, 15) is 4.79 Å². The molecule has 0 radical (unpaired) electrons. The van der Waals surface area contributed by atoms with Crippen LogP contribution in [0.25, 0.3) is 0 Å². The summed E-state index contributed by atoms with van der Waals surface area (Å²) in [7, 11) is 1.44. The van der Waals surface area contributed by atoms with Crippen molar-refractivity contribution in [1.82, 2.24) is 5.32 Å². The highest BCUT2D eigenvalue weighted by atomic mass is 16.2. The van der Waals surface area contributed by atoms with Gasteiger partial charge in [-0.05, 0) is 0 Å². The van der Waals surface area contributed by atoms with Crippen molar-refractivity contribution in [3.63, 3.8) is 0 Å². The van der Waals surface area contributed by atoms with Gasteiger partial charge in [0.15, 0.2) is 5.96 Å². The van der Waals surface area contributed by atoms with E-state index in [0.717, 1.165) is 0 Å². The minimum Gasteiger partial charge on any atom is -0.370 e. The summed E-state index contributed by atoms with van der Waals surface area (Å²) in [5.74, 6) is -0.232. The SMILES string of the molecule is CNC(=O)N=C(N)N. The minimum atomic E-state index is -0.537. The predicted molar refractivity (Wildman–Crippen MR) is 30.3 cm³/mol. The number of nitrogens with two attached hydrogens (primary N) is 2. The van der Waals surface area contributed by atoms with E-state index >= 15 is 0 Å². The van der Waals surface area contributed by atoms with Crippen LogP contribution in [0.15, 0.2) is 4.99 Å². The van der Waals surface area contributed by atoms with Crippen LogP contribution in [0.4, 0.5) is 4.79 Å². The number of aliphatic imine (C=N–C) groups is 1.